The van der Waals surface area contributed by atoms with Crippen LogP contribution < -0.4 is 5.32 Å². The van der Waals surface area contributed by atoms with Crippen molar-refractivity contribution in [2.45, 2.75) is 18.6 Å². The molecule has 1 aliphatic heterocycles. The number of ether oxygens (including phenoxy) is 2. The Hall–Kier alpha value is -3.68. The molecule has 4 rings (SSSR count). The third-order valence-electron chi connectivity index (χ3n) is 5.47. The molecule has 1 heterocycles. The molecule has 1 N–H and O–H groups in total. The van der Waals surface area contributed by atoms with Crippen molar-refractivity contribution in [3.63, 3.8) is 0 Å². The number of esters is 1. The SMILES string of the molecule is COC(=O)[C@]1(NC(=O)OCc2ccccc2)C[C@H]1CN1C(=O)c2ccccc2C1=O. The molecular weight excluding hydrogens is 388 g/mol. The molecule has 2 aliphatic rings. The highest BCUT2D eigenvalue weighted by atomic mass is 16.6. The Kier molecular flexibility index (Phi) is 4.99. The molecule has 1 fully saturated rings. The van der Waals surface area contributed by atoms with E-state index in [1.165, 1.54) is 7.11 Å². The number of benzene rings is 2. The first-order valence-electron chi connectivity index (χ1n) is 9.49. The van der Waals surface area contributed by atoms with Crippen molar-refractivity contribution >= 4 is 23.9 Å². The molecule has 0 radical (unpaired) electrons. The lowest BCUT2D eigenvalue weighted by atomic mass is 10.1. The molecule has 0 unspecified atom stereocenters. The van der Waals surface area contributed by atoms with Gasteiger partial charge in [0.15, 0.2) is 0 Å². The number of carbonyl (C=O) groups is 4. The van der Waals surface area contributed by atoms with Crippen LogP contribution in [0.5, 0.6) is 0 Å². The molecule has 30 heavy (non-hydrogen) atoms. The highest BCUT2D eigenvalue weighted by molar-refractivity contribution is 6.21. The average Bonchev–Trinajstić information content (AvgIpc) is 3.42. The molecule has 8 nitrogen and oxygen atoms in total. The molecule has 154 valence electrons. The van der Waals surface area contributed by atoms with E-state index < -0.39 is 35.3 Å². The molecule has 1 aliphatic carbocycles. The fourth-order valence-electron chi connectivity index (χ4n) is 3.75. The van der Waals surface area contributed by atoms with Gasteiger partial charge < -0.3 is 14.8 Å². The Morgan fingerprint density at radius 3 is 2.23 bits per heavy atom. The fraction of sp³-hybridized carbons (Fsp3) is 0.273. The molecule has 2 aromatic rings. The minimum atomic E-state index is -1.32. The van der Waals surface area contributed by atoms with Crippen molar-refractivity contribution in [2.75, 3.05) is 13.7 Å². The maximum Gasteiger partial charge on any atom is 0.408 e. The second kappa shape index (κ2) is 7.62. The minimum absolute atomic E-state index is 0.000409. The predicted octanol–water partition coefficient (Wildman–Crippen LogP) is 2.14. The van der Waals surface area contributed by atoms with Gasteiger partial charge in [0, 0.05) is 12.5 Å². The van der Waals surface area contributed by atoms with Gasteiger partial charge in [-0.2, -0.15) is 0 Å². The van der Waals surface area contributed by atoms with Crippen LogP contribution in [-0.2, 0) is 20.9 Å². The van der Waals surface area contributed by atoms with Crippen LogP contribution in [0.3, 0.4) is 0 Å². The summed E-state index contributed by atoms with van der Waals surface area (Å²) in [6, 6.07) is 15.7. The topological polar surface area (TPSA) is 102 Å². The lowest BCUT2D eigenvalue weighted by Crippen LogP contribution is -2.47. The van der Waals surface area contributed by atoms with Gasteiger partial charge in [-0.05, 0) is 24.1 Å². The third-order valence-corrected chi connectivity index (χ3v) is 5.47. The van der Waals surface area contributed by atoms with E-state index in [-0.39, 0.29) is 19.6 Å². The quantitative estimate of drug-likeness (QED) is 0.580. The third kappa shape index (κ3) is 3.41. The molecule has 3 amide bonds. The van der Waals surface area contributed by atoms with E-state index in [9.17, 15) is 19.2 Å². The standard InChI is InChI=1S/C22H20N2O6/c1-29-20(27)22(23-21(28)30-13-14-7-3-2-4-8-14)11-15(22)12-24-18(25)16-9-5-6-10-17(16)19(24)26/h2-10,15H,11-13H2,1H3,(H,23,28)/t15-,22-/m0/s1. The zero-order chi connectivity index (χ0) is 21.3. The van der Waals surface area contributed by atoms with Crippen molar-refractivity contribution in [1.82, 2.24) is 10.2 Å². The molecule has 1 saturated carbocycles. The number of hydrogen-bond donors (Lipinski definition) is 1. The number of fused-ring (bicyclic) bond motifs is 1. The minimum Gasteiger partial charge on any atom is -0.467 e. The fourth-order valence-corrected chi connectivity index (χ4v) is 3.75. The number of hydrogen-bond acceptors (Lipinski definition) is 6. The van der Waals surface area contributed by atoms with Crippen LogP contribution in [0, 0.1) is 5.92 Å². The van der Waals surface area contributed by atoms with Crippen LogP contribution >= 0.6 is 0 Å². The first-order chi connectivity index (χ1) is 14.5. The summed E-state index contributed by atoms with van der Waals surface area (Å²) in [6.07, 6.45) is -0.526. The lowest BCUT2D eigenvalue weighted by molar-refractivity contribution is -0.144. The maximum atomic E-state index is 12.6. The van der Waals surface area contributed by atoms with Crippen molar-refractivity contribution in [2.24, 2.45) is 5.92 Å². The van der Waals surface area contributed by atoms with Crippen molar-refractivity contribution in [1.29, 1.82) is 0 Å². The van der Waals surface area contributed by atoms with Crippen LogP contribution in [0.4, 0.5) is 4.79 Å². The van der Waals surface area contributed by atoms with Gasteiger partial charge in [0.25, 0.3) is 11.8 Å². The smallest absolute Gasteiger partial charge is 0.408 e. The van der Waals surface area contributed by atoms with Crippen molar-refractivity contribution in [3.8, 4) is 0 Å². The number of rotatable bonds is 6. The van der Waals surface area contributed by atoms with Gasteiger partial charge in [-0.25, -0.2) is 9.59 Å². The van der Waals surface area contributed by atoms with E-state index >= 15 is 0 Å². The van der Waals surface area contributed by atoms with Gasteiger partial charge in [-0.15, -0.1) is 0 Å². The maximum absolute atomic E-state index is 12.6. The molecule has 0 bridgehead atoms. The Bertz CT molecular complexity index is 986. The summed E-state index contributed by atoms with van der Waals surface area (Å²) in [5.41, 5.74) is 0.153. The molecule has 0 aromatic heterocycles. The summed E-state index contributed by atoms with van der Waals surface area (Å²) < 4.78 is 10.1. The first kappa shape index (κ1) is 19.6. The number of carbonyl (C=O) groups excluding carboxylic acids is 4. The van der Waals surface area contributed by atoms with E-state index in [2.05, 4.69) is 5.32 Å². The Balaban J connectivity index is 1.42. The Morgan fingerprint density at radius 2 is 1.63 bits per heavy atom. The van der Waals surface area contributed by atoms with Gasteiger partial charge in [0.1, 0.15) is 12.1 Å². The number of amides is 3. The second-order valence-corrected chi connectivity index (χ2v) is 7.32. The zero-order valence-electron chi connectivity index (χ0n) is 16.3. The number of nitrogens with zero attached hydrogens (tertiary/aromatic N) is 1. The molecular formula is C22H20N2O6. The van der Waals surface area contributed by atoms with E-state index in [1.54, 1.807) is 24.3 Å². The van der Waals surface area contributed by atoms with Gasteiger partial charge in [-0.1, -0.05) is 42.5 Å². The van der Waals surface area contributed by atoms with E-state index in [4.69, 9.17) is 9.47 Å². The van der Waals surface area contributed by atoms with Gasteiger partial charge in [0.05, 0.1) is 18.2 Å². The highest BCUT2D eigenvalue weighted by Gasteiger charge is 2.64. The molecule has 2 aromatic carbocycles. The average molecular weight is 408 g/mol. The first-order valence-corrected chi connectivity index (χ1v) is 9.49. The van der Waals surface area contributed by atoms with Crippen molar-refractivity contribution < 1.29 is 28.7 Å². The van der Waals surface area contributed by atoms with Crippen LogP contribution in [0.1, 0.15) is 32.7 Å². The Labute approximate surface area is 172 Å². The largest absolute Gasteiger partial charge is 0.467 e. The lowest BCUT2D eigenvalue weighted by Gasteiger charge is -2.19. The second-order valence-electron chi connectivity index (χ2n) is 7.32. The number of nitrogens with one attached hydrogen (secondary N) is 1. The molecule has 0 spiro atoms. The Morgan fingerprint density at radius 1 is 1.03 bits per heavy atom. The predicted molar refractivity (Wildman–Crippen MR) is 104 cm³/mol. The van der Waals surface area contributed by atoms with Crippen LogP contribution in [0.2, 0.25) is 0 Å². The zero-order valence-corrected chi connectivity index (χ0v) is 16.3. The molecule has 8 heteroatoms. The monoisotopic (exact) mass is 408 g/mol. The highest BCUT2D eigenvalue weighted by Crippen LogP contribution is 2.46. The van der Waals surface area contributed by atoms with E-state index in [0.29, 0.717) is 11.1 Å². The summed E-state index contributed by atoms with van der Waals surface area (Å²) in [4.78, 5) is 51.0. The number of alkyl carbamates (subject to hydrolysis) is 1. The summed E-state index contributed by atoms with van der Waals surface area (Å²) in [5, 5.41) is 2.58. The van der Waals surface area contributed by atoms with Crippen molar-refractivity contribution in [3.05, 3.63) is 71.3 Å². The van der Waals surface area contributed by atoms with Gasteiger partial charge in [-0.3, -0.25) is 14.5 Å². The van der Waals surface area contributed by atoms with Crippen LogP contribution in [-0.4, -0.2) is 48.0 Å². The number of imide groups is 1. The molecule has 0 saturated heterocycles. The molecule has 2 atom stereocenters. The van der Waals surface area contributed by atoms with Crippen LogP contribution in [0.15, 0.2) is 54.6 Å². The van der Waals surface area contributed by atoms with E-state index in [1.807, 2.05) is 30.3 Å². The van der Waals surface area contributed by atoms with Crippen LogP contribution in [0.25, 0.3) is 0 Å². The summed E-state index contributed by atoms with van der Waals surface area (Å²) in [5.74, 6) is -1.92. The van der Waals surface area contributed by atoms with Gasteiger partial charge >= 0.3 is 12.1 Å². The number of methoxy groups -OCH3 is 1. The van der Waals surface area contributed by atoms with Gasteiger partial charge in [0.2, 0.25) is 0 Å². The van der Waals surface area contributed by atoms with E-state index in [0.717, 1.165) is 10.5 Å². The normalized spacial score (nSPS) is 21.8. The summed E-state index contributed by atoms with van der Waals surface area (Å²) >= 11 is 0. The summed E-state index contributed by atoms with van der Waals surface area (Å²) in [6.45, 7) is 0.0490. The summed E-state index contributed by atoms with van der Waals surface area (Å²) in [7, 11) is 1.22.